The third kappa shape index (κ3) is 3.64. The average molecular weight is 288 g/mol. The van der Waals surface area contributed by atoms with E-state index in [1.165, 1.54) is 0 Å². The molecule has 0 aromatic heterocycles. The lowest BCUT2D eigenvalue weighted by Crippen LogP contribution is -2.51. The molecule has 1 unspecified atom stereocenters. The summed E-state index contributed by atoms with van der Waals surface area (Å²) in [7, 11) is -1.73. The van der Waals surface area contributed by atoms with Gasteiger partial charge in [-0.05, 0) is 38.9 Å². The fourth-order valence-corrected chi connectivity index (χ4v) is 3.96. The summed E-state index contributed by atoms with van der Waals surface area (Å²) in [6.07, 6.45) is 6.81. The Kier molecular flexibility index (Phi) is 4.22. The van der Waals surface area contributed by atoms with Crippen molar-refractivity contribution in [1.29, 1.82) is 0 Å². The van der Waals surface area contributed by atoms with Crippen LogP contribution in [-0.4, -0.2) is 17.7 Å². The Balaban J connectivity index is 2.97. The molecule has 0 radical (unpaired) electrons. The van der Waals surface area contributed by atoms with Gasteiger partial charge >= 0.3 is 0 Å². The van der Waals surface area contributed by atoms with Crippen LogP contribution >= 0.6 is 34.8 Å². The van der Waals surface area contributed by atoms with E-state index in [1.54, 1.807) is 0 Å². The normalized spacial score (nSPS) is 28.1. The molecule has 0 heterocycles. The Morgan fingerprint density at radius 1 is 1.27 bits per heavy atom. The second kappa shape index (κ2) is 4.57. The van der Waals surface area contributed by atoms with Gasteiger partial charge in [0, 0.05) is 0 Å². The maximum atomic E-state index is 6.09. The van der Waals surface area contributed by atoms with Gasteiger partial charge in [0.1, 0.15) is 5.60 Å². The number of hydrogen-bond donors (Lipinski definition) is 0. The van der Waals surface area contributed by atoms with Gasteiger partial charge in [0.05, 0.1) is 0 Å². The van der Waals surface area contributed by atoms with E-state index in [4.69, 9.17) is 39.2 Å². The number of rotatable bonds is 2. The van der Waals surface area contributed by atoms with Crippen molar-refractivity contribution >= 4 is 43.1 Å². The van der Waals surface area contributed by atoms with Gasteiger partial charge in [-0.1, -0.05) is 47.0 Å². The van der Waals surface area contributed by atoms with Crippen molar-refractivity contribution in [3.05, 3.63) is 12.2 Å². The van der Waals surface area contributed by atoms with Crippen LogP contribution in [0.3, 0.4) is 0 Å². The smallest absolute Gasteiger partial charge is 0.221 e. The molecule has 5 heteroatoms. The topological polar surface area (TPSA) is 9.23 Å². The molecule has 0 spiro atoms. The predicted molar refractivity (Wildman–Crippen MR) is 70.4 cm³/mol. The van der Waals surface area contributed by atoms with Crippen LogP contribution in [0, 0.1) is 0 Å². The van der Waals surface area contributed by atoms with E-state index in [1.807, 2.05) is 12.2 Å². The molecule has 0 aromatic rings. The zero-order valence-electron chi connectivity index (χ0n) is 9.32. The Morgan fingerprint density at radius 3 is 2.20 bits per heavy atom. The van der Waals surface area contributed by atoms with Crippen molar-refractivity contribution in [2.75, 3.05) is 0 Å². The second-order valence-corrected chi connectivity index (χ2v) is 11.6. The van der Waals surface area contributed by atoms with Crippen LogP contribution in [0.4, 0.5) is 0 Å². The van der Waals surface area contributed by atoms with E-state index >= 15 is 0 Å². The first-order valence-corrected chi connectivity index (χ1v) is 9.65. The average Bonchev–Trinajstić information content (AvgIpc) is 2.00. The lowest BCUT2D eigenvalue weighted by Gasteiger charge is -2.43. The molecule has 1 aliphatic rings. The minimum Gasteiger partial charge on any atom is -0.404 e. The van der Waals surface area contributed by atoms with Crippen LogP contribution in [-0.2, 0) is 4.43 Å². The van der Waals surface area contributed by atoms with Crippen LogP contribution in [0.25, 0.3) is 0 Å². The molecule has 0 aliphatic heterocycles. The van der Waals surface area contributed by atoms with Gasteiger partial charge in [0.15, 0.2) is 8.32 Å². The highest BCUT2D eigenvalue weighted by molar-refractivity contribution is 6.71. The molecule has 0 N–H and O–H groups in total. The Hall–Kier alpha value is 0.787. The monoisotopic (exact) mass is 286 g/mol. The van der Waals surface area contributed by atoms with E-state index in [2.05, 4.69) is 19.6 Å². The SMILES string of the molecule is C[Si](C)(C)OC1(C(Cl)(Cl)Cl)C=CCCC1. The van der Waals surface area contributed by atoms with Crippen molar-refractivity contribution in [3.8, 4) is 0 Å². The molecular formula is C10H17Cl3OSi. The lowest BCUT2D eigenvalue weighted by atomic mass is 9.92. The van der Waals surface area contributed by atoms with Crippen molar-refractivity contribution in [2.45, 2.75) is 48.3 Å². The number of allylic oxidation sites excluding steroid dienone is 1. The summed E-state index contributed by atoms with van der Waals surface area (Å²) in [6, 6.07) is 0. The zero-order valence-corrected chi connectivity index (χ0v) is 12.6. The molecule has 88 valence electrons. The van der Waals surface area contributed by atoms with Crippen molar-refractivity contribution < 1.29 is 4.43 Å². The van der Waals surface area contributed by atoms with Gasteiger partial charge in [-0.3, -0.25) is 0 Å². The number of alkyl halides is 3. The molecule has 0 saturated carbocycles. The molecule has 0 fully saturated rings. The molecular weight excluding hydrogens is 271 g/mol. The summed E-state index contributed by atoms with van der Waals surface area (Å²) in [6.45, 7) is 6.31. The molecule has 0 aromatic carbocycles. The first-order chi connectivity index (χ1) is 6.66. The van der Waals surface area contributed by atoms with Crippen LogP contribution in [0.2, 0.25) is 19.6 Å². The van der Waals surface area contributed by atoms with Crippen LogP contribution in [0.15, 0.2) is 12.2 Å². The maximum absolute atomic E-state index is 6.09. The molecule has 1 aliphatic carbocycles. The standard InChI is InChI=1S/C10H17Cl3OSi/c1-15(2,3)14-9(10(11,12)13)7-5-4-6-8-9/h5,7H,4,6,8H2,1-3H3. The summed E-state index contributed by atoms with van der Waals surface area (Å²) < 4.78 is 4.70. The van der Waals surface area contributed by atoms with Crippen LogP contribution in [0.1, 0.15) is 19.3 Å². The van der Waals surface area contributed by atoms with Crippen molar-refractivity contribution in [1.82, 2.24) is 0 Å². The third-order valence-corrected chi connectivity index (χ3v) is 4.21. The largest absolute Gasteiger partial charge is 0.404 e. The third-order valence-electron chi connectivity index (χ3n) is 2.27. The van der Waals surface area contributed by atoms with Gasteiger partial charge in [0.25, 0.3) is 0 Å². The van der Waals surface area contributed by atoms with Gasteiger partial charge in [-0.2, -0.15) is 0 Å². The molecule has 1 rings (SSSR count). The highest BCUT2D eigenvalue weighted by atomic mass is 35.6. The lowest BCUT2D eigenvalue weighted by molar-refractivity contribution is 0.0984. The Morgan fingerprint density at radius 2 is 1.87 bits per heavy atom. The highest BCUT2D eigenvalue weighted by Crippen LogP contribution is 2.47. The summed E-state index contributed by atoms with van der Waals surface area (Å²) in [5.41, 5.74) is -0.722. The predicted octanol–water partition coefficient (Wildman–Crippen LogP) is 4.69. The summed E-state index contributed by atoms with van der Waals surface area (Å²) >= 11 is 18.2. The number of hydrogen-bond acceptors (Lipinski definition) is 1. The first-order valence-electron chi connectivity index (χ1n) is 5.11. The van der Waals surface area contributed by atoms with E-state index < -0.39 is 17.7 Å². The molecule has 0 amide bonds. The summed E-state index contributed by atoms with van der Waals surface area (Å²) in [5.74, 6) is 0. The van der Waals surface area contributed by atoms with E-state index in [9.17, 15) is 0 Å². The second-order valence-electron chi connectivity index (χ2n) is 4.90. The first kappa shape index (κ1) is 13.9. The van der Waals surface area contributed by atoms with E-state index in [0.717, 1.165) is 19.3 Å². The van der Waals surface area contributed by atoms with E-state index in [-0.39, 0.29) is 0 Å². The van der Waals surface area contributed by atoms with Gasteiger partial charge in [-0.15, -0.1) is 0 Å². The zero-order chi connectivity index (χ0) is 11.7. The molecule has 0 bridgehead atoms. The highest BCUT2D eigenvalue weighted by Gasteiger charge is 2.50. The van der Waals surface area contributed by atoms with Crippen molar-refractivity contribution in [2.24, 2.45) is 0 Å². The molecule has 1 nitrogen and oxygen atoms in total. The maximum Gasteiger partial charge on any atom is 0.221 e. The van der Waals surface area contributed by atoms with Crippen LogP contribution < -0.4 is 0 Å². The Bertz CT molecular complexity index is 254. The van der Waals surface area contributed by atoms with Gasteiger partial charge in [-0.25, -0.2) is 0 Å². The minimum atomic E-state index is -1.73. The van der Waals surface area contributed by atoms with E-state index in [0.29, 0.717) is 0 Å². The quantitative estimate of drug-likeness (QED) is 0.407. The van der Waals surface area contributed by atoms with Crippen LogP contribution in [0.5, 0.6) is 0 Å². The molecule has 1 atom stereocenters. The summed E-state index contributed by atoms with van der Waals surface area (Å²) in [5, 5.41) is 0. The van der Waals surface area contributed by atoms with Gasteiger partial charge < -0.3 is 4.43 Å². The fraction of sp³-hybridized carbons (Fsp3) is 0.800. The fourth-order valence-electron chi connectivity index (χ4n) is 1.77. The van der Waals surface area contributed by atoms with Crippen molar-refractivity contribution in [3.63, 3.8) is 0 Å². The molecule has 0 saturated heterocycles. The van der Waals surface area contributed by atoms with Gasteiger partial charge in [0.2, 0.25) is 3.79 Å². The Labute approximate surface area is 108 Å². The number of halogens is 3. The minimum absolute atomic E-state index is 0.722. The molecule has 15 heavy (non-hydrogen) atoms. The summed E-state index contributed by atoms with van der Waals surface area (Å²) in [4.78, 5) is 0.